The van der Waals surface area contributed by atoms with Gasteiger partial charge in [0.15, 0.2) is 0 Å². The van der Waals surface area contributed by atoms with Crippen molar-refractivity contribution >= 4 is 10.8 Å². The van der Waals surface area contributed by atoms with E-state index in [4.69, 9.17) is 0 Å². The molecule has 2 aliphatic rings. The van der Waals surface area contributed by atoms with Crippen molar-refractivity contribution in [3.63, 3.8) is 0 Å². The van der Waals surface area contributed by atoms with Crippen LogP contribution in [0.15, 0.2) is 48.5 Å². The van der Waals surface area contributed by atoms with Crippen LogP contribution in [0, 0.1) is 12.1 Å². The van der Waals surface area contributed by atoms with Gasteiger partial charge in [-0.15, -0.1) is 0 Å². The molecule has 2 aliphatic carbocycles. The van der Waals surface area contributed by atoms with Crippen LogP contribution in [-0.4, -0.2) is 0 Å². The van der Waals surface area contributed by atoms with Gasteiger partial charge in [-0.3, -0.25) is 0 Å². The first kappa shape index (κ1) is 8.12. The Labute approximate surface area is 94.2 Å². The van der Waals surface area contributed by atoms with Gasteiger partial charge in [0, 0.05) is 0 Å². The van der Waals surface area contributed by atoms with E-state index in [1.54, 1.807) is 0 Å². The van der Waals surface area contributed by atoms with Crippen molar-refractivity contribution in [2.45, 2.75) is 0 Å². The first-order valence-corrected chi connectivity index (χ1v) is 5.39. The van der Waals surface area contributed by atoms with E-state index in [0.717, 1.165) is 0 Å². The van der Waals surface area contributed by atoms with Crippen molar-refractivity contribution in [3.05, 3.63) is 60.7 Å². The van der Waals surface area contributed by atoms with Gasteiger partial charge in [0.2, 0.25) is 0 Å². The number of fused-ring (bicyclic) bond motifs is 3. The van der Waals surface area contributed by atoms with Gasteiger partial charge in [-0.1, -0.05) is 36.4 Å². The van der Waals surface area contributed by atoms with Gasteiger partial charge >= 0.3 is 0 Å². The Morgan fingerprint density at radius 2 is 1.69 bits per heavy atom. The highest BCUT2D eigenvalue weighted by Gasteiger charge is 2.12. The molecule has 0 amide bonds. The lowest BCUT2D eigenvalue weighted by molar-refractivity contribution is 1.71. The molecule has 2 radical (unpaired) electrons. The van der Waals surface area contributed by atoms with Crippen LogP contribution in [0.1, 0.15) is 0 Å². The standard InChI is InChI=1S/C16H8/c1-2-4-15-13(3-1)9-14-10-16(15)12-7-5-11(14)6-8-12/h2-9H. The van der Waals surface area contributed by atoms with Crippen LogP contribution >= 0.6 is 0 Å². The Hall–Kier alpha value is -2.08. The summed E-state index contributed by atoms with van der Waals surface area (Å²) in [6.45, 7) is 0. The molecule has 0 aromatic heterocycles. The average molecular weight is 200 g/mol. The van der Waals surface area contributed by atoms with Gasteiger partial charge in [-0.2, -0.15) is 0 Å². The number of benzene rings is 3. The van der Waals surface area contributed by atoms with Crippen LogP contribution in [-0.2, 0) is 0 Å². The minimum atomic E-state index is 1.18. The minimum absolute atomic E-state index is 1.18. The van der Waals surface area contributed by atoms with Crippen LogP contribution in [0.25, 0.3) is 33.0 Å². The summed E-state index contributed by atoms with van der Waals surface area (Å²) in [5.41, 5.74) is 4.89. The summed E-state index contributed by atoms with van der Waals surface area (Å²) < 4.78 is 0. The molecule has 3 aromatic carbocycles. The van der Waals surface area contributed by atoms with Crippen molar-refractivity contribution in [2.75, 3.05) is 0 Å². The van der Waals surface area contributed by atoms with Crippen LogP contribution in [0.4, 0.5) is 0 Å². The van der Waals surface area contributed by atoms with Crippen molar-refractivity contribution in [1.29, 1.82) is 0 Å². The largest absolute Gasteiger partial charge is 0.0537 e. The molecule has 0 heterocycles. The Kier molecular flexibility index (Phi) is 1.39. The summed E-state index contributed by atoms with van der Waals surface area (Å²) in [5.74, 6) is 0. The third kappa shape index (κ3) is 0.938. The molecule has 0 nitrogen and oxygen atoms in total. The molecule has 4 bridgehead atoms. The maximum absolute atomic E-state index is 3.50. The molecule has 0 atom stereocenters. The van der Waals surface area contributed by atoms with Gasteiger partial charge < -0.3 is 0 Å². The number of hydrogen-bond acceptors (Lipinski definition) is 0. The molecule has 72 valence electrons. The second kappa shape index (κ2) is 2.73. The fourth-order valence-corrected chi connectivity index (χ4v) is 2.38. The SMILES string of the molecule is [c]1ccc2c3[c]c(cc2c1)-c1ccc-3cc1. The molecule has 0 saturated heterocycles. The average Bonchev–Trinajstić information content (AvgIpc) is 2.58. The van der Waals surface area contributed by atoms with E-state index in [0.29, 0.717) is 0 Å². The molecule has 5 rings (SSSR count). The summed E-state index contributed by atoms with van der Waals surface area (Å²) in [6.07, 6.45) is 0. The van der Waals surface area contributed by atoms with Gasteiger partial charge in [0.05, 0.1) is 0 Å². The normalized spacial score (nSPS) is 11.8. The molecule has 3 aromatic rings. The van der Waals surface area contributed by atoms with E-state index >= 15 is 0 Å². The predicted molar refractivity (Wildman–Crippen MR) is 66.1 cm³/mol. The van der Waals surface area contributed by atoms with Gasteiger partial charge in [-0.05, 0) is 57.3 Å². The number of hydrogen-bond donors (Lipinski definition) is 0. The molecule has 16 heavy (non-hydrogen) atoms. The first-order valence-electron chi connectivity index (χ1n) is 5.39. The molecule has 0 aliphatic heterocycles. The van der Waals surface area contributed by atoms with E-state index in [9.17, 15) is 0 Å². The van der Waals surface area contributed by atoms with E-state index in [-0.39, 0.29) is 0 Å². The van der Waals surface area contributed by atoms with Gasteiger partial charge in [-0.25, -0.2) is 0 Å². The van der Waals surface area contributed by atoms with Crippen molar-refractivity contribution in [2.24, 2.45) is 0 Å². The zero-order chi connectivity index (χ0) is 10.5. The Morgan fingerprint density at radius 3 is 2.56 bits per heavy atom. The second-order valence-corrected chi connectivity index (χ2v) is 4.15. The third-order valence-corrected chi connectivity index (χ3v) is 3.21. The molecular weight excluding hydrogens is 192 g/mol. The number of rotatable bonds is 0. The topological polar surface area (TPSA) is 0 Å². The zero-order valence-corrected chi connectivity index (χ0v) is 8.62. The zero-order valence-electron chi connectivity index (χ0n) is 8.62. The summed E-state index contributed by atoms with van der Waals surface area (Å²) in [6, 6.07) is 23.6. The lowest BCUT2D eigenvalue weighted by Gasteiger charge is -2.04. The quantitative estimate of drug-likeness (QED) is 0.401. The third-order valence-electron chi connectivity index (χ3n) is 3.21. The van der Waals surface area contributed by atoms with Crippen LogP contribution in [0.2, 0.25) is 0 Å². The highest BCUT2D eigenvalue weighted by Crippen LogP contribution is 2.37. The monoisotopic (exact) mass is 200 g/mol. The lowest BCUT2D eigenvalue weighted by atomic mass is 9.98. The summed E-state index contributed by atoms with van der Waals surface area (Å²) in [5, 5.41) is 2.50. The molecule has 0 fully saturated rings. The highest BCUT2D eigenvalue weighted by atomic mass is 14.1. The van der Waals surface area contributed by atoms with Crippen LogP contribution in [0.5, 0.6) is 0 Å². The maximum atomic E-state index is 3.50. The van der Waals surface area contributed by atoms with E-state index in [1.807, 2.05) is 12.1 Å². The van der Waals surface area contributed by atoms with E-state index in [2.05, 4.69) is 48.5 Å². The first-order chi connectivity index (χ1) is 7.92. The van der Waals surface area contributed by atoms with Gasteiger partial charge in [0.1, 0.15) is 0 Å². The van der Waals surface area contributed by atoms with Crippen molar-refractivity contribution in [1.82, 2.24) is 0 Å². The second-order valence-electron chi connectivity index (χ2n) is 4.15. The maximum Gasteiger partial charge on any atom is -0.000764 e. The Balaban J connectivity index is 2.30. The minimum Gasteiger partial charge on any atom is -0.0537 e. The fraction of sp³-hybridized carbons (Fsp3) is 0. The van der Waals surface area contributed by atoms with Crippen molar-refractivity contribution in [3.8, 4) is 22.3 Å². The van der Waals surface area contributed by atoms with E-state index in [1.165, 1.54) is 33.0 Å². The Morgan fingerprint density at radius 1 is 0.875 bits per heavy atom. The van der Waals surface area contributed by atoms with E-state index < -0.39 is 0 Å². The summed E-state index contributed by atoms with van der Waals surface area (Å²) in [4.78, 5) is 0. The smallest absolute Gasteiger partial charge is 0.000764 e. The fourth-order valence-electron chi connectivity index (χ4n) is 2.38. The molecule has 0 heteroatoms. The van der Waals surface area contributed by atoms with Crippen LogP contribution < -0.4 is 0 Å². The molecule has 0 saturated carbocycles. The predicted octanol–water partition coefficient (Wildman–Crippen LogP) is 4.09. The van der Waals surface area contributed by atoms with Gasteiger partial charge in [0.25, 0.3) is 0 Å². The summed E-state index contributed by atoms with van der Waals surface area (Å²) >= 11 is 0. The summed E-state index contributed by atoms with van der Waals surface area (Å²) in [7, 11) is 0. The molecule has 0 unspecified atom stereocenters. The van der Waals surface area contributed by atoms with Crippen LogP contribution in [0.3, 0.4) is 0 Å². The molecular formula is C16H8. The Bertz CT molecular complexity index is 691. The van der Waals surface area contributed by atoms with Crippen molar-refractivity contribution < 1.29 is 0 Å². The molecule has 0 N–H and O–H groups in total. The lowest BCUT2D eigenvalue weighted by Crippen LogP contribution is -1.80. The molecule has 0 spiro atoms. The highest BCUT2D eigenvalue weighted by molar-refractivity contribution is 6.01.